The van der Waals surface area contributed by atoms with Gasteiger partial charge in [-0.1, -0.05) is 6.07 Å². The van der Waals surface area contributed by atoms with Gasteiger partial charge in [-0.15, -0.1) is 0 Å². The summed E-state index contributed by atoms with van der Waals surface area (Å²) in [7, 11) is 0. The molecule has 0 bridgehead atoms. The van der Waals surface area contributed by atoms with Gasteiger partial charge in [-0.25, -0.2) is 14.8 Å². The molecule has 0 fully saturated rings. The van der Waals surface area contributed by atoms with E-state index in [1.165, 1.54) is 36.7 Å². The van der Waals surface area contributed by atoms with Gasteiger partial charge < -0.3 is 10.4 Å². The molecule has 1 heterocycles. The van der Waals surface area contributed by atoms with Crippen LogP contribution in [0.4, 0.5) is 24.7 Å². The van der Waals surface area contributed by atoms with Crippen LogP contribution >= 0.6 is 0 Å². The molecular formula is C16H10F3N3O2. The van der Waals surface area contributed by atoms with Gasteiger partial charge in [-0.2, -0.15) is 13.2 Å². The van der Waals surface area contributed by atoms with E-state index < -0.39 is 17.7 Å². The highest BCUT2D eigenvalue weighted by Crippen LogP contribution is 2.32. The number of carboxylic acids is 1. The minimum Gasteiger partial charge on any atom is -0.478 e. The summed E-state index contributed by atoms with van der Waals surface area (Å²) in [5, 5.41) is 12.3. The van der Waals surface area contributed by atoms with Crippen LogP contribution in [0.3, 0.4) is 0 Å². The van der Waals surface area contributed by atoms with Gasteiger partial charge in [0.05, 0.1) is 16.6 Å². The Balaban J connectivity index is 2.00. The van der Waals surface area contributed by atoms with E-state index in [2.05, 4.69) is 15.3 Å². The SMILES string of the molecule is O=C(O)c1ccc2c(Nc3cccc(C(F)(F)F)c3)ncnc2c1. The van der Waals surface area contributed by atoms with Gasteiger partial charge in [0, 0.05) is 11.1 Å². The number of nitrogens with zero attached hydrogens (tertiary/aromatic N) is 2. The summed E-state index contributed by atoms with van der Waals surface area (Å²) in [5.74, 6) is -0.806. The van der Waals surface area contributed by atoms with E-state index in [1.54, 1.807) is 0 Å². The number of carbonyl (C=O) groups is 1. The predicted octanol–water partition coefficient (Wildman–Crippen LogP) is 4.09. The van der Waals surface area contributed by atoms with Crippen molar-refractivity contribution in [1.29, 1.82) is 0 Å². The van der Waals surface area contributed by atoms with Crippen LogP contribution in [0.5, 0.6) is 0 Å². The van der Waals surface area contributed by atoms with Crippen molar-refractivity contribution in [3.63, 3.8) is 0 Å². The first kappa shape index (κ1) is 15.7. The second kappa shape index (κ2) is 5.80. The highest BCUT2D eigenvalue weighted by Gasteiger charge is 2.30. The number of benzene rings is 2. The van der Waals surface area contributed by atoms with Crippen LogP contribution in [0.25, 0.3) is 10.9 Å². The molecule has 0 radical (unpaired) electrons. The van der Waals surface area contributed by atoms with Gasteiger partial charge in [0.2, 0.25) is 0 Å². The van der Waals surface area contributed by atoms with Crippen LogP contribution in [0.1, 0.15) is 15.9 Å². The summed E-state index contributed by atoms with van der Waals surface area (Å²) in [6.07, 6.45) is -3.23. The quantitative estimate of drug-likeness (QED) is 0.755. The number of hydrogen-bond acceptors (Lipinski definition) is 4. The minimum absolute atomic E-state index is 0.0613. The fourth-order valence-corrected chi connectivity index (χ4v) is 2.20. The molecule has 2 aromatic carbocycles. The predicted molar refractivity (Wildman–Crippen MR) is 81.2 cm³/mol. The Kier molecular flexibility index (Phi) is 3.80. The first-order chi connectivity index (χ1) is 11.3. The molecule has 3 rings (SSSR count). The van der Waals surface area contributed by atoms with Crippen LogP contribution in [0.2, 0.25) is 0 Å². The third kappa shape index (κ3) is 3.12. The van der Waals surface area contributed by atoms with E-state index in [-0.39, 0.29) is 17.1 Å². The molecule has 24 heavy (non-hydrogen) atoms. The molecule has 0 amide bonds. The van der Waals surface area contributed by atoms with Crippen molar-refractivity contribution in [2.24, 2.45) is 0 Å². The average Bonchev–Trinajstić information content (AvgIpc) is 2.54. The highest BCUT2D eigenvalue weighted by atomic mass is 19.4. The molecule has 8 heteroatoms. The third-order valence-corrected chi connectivity index (χ3v) is 3.34. The fraction of sp³-hybridized carbons (Fsp3) is 0.0625. The van der Waals surface area contributed by atoms with Crippen molar-refractivity contribution in [2.45, 2.75) is 6.18 Å². The number of halogens is 3. The molecule has 0 spiro atoms. The first-order valence-electron chi connectivity index (χ1n) is 6.77. The Morgan fingerprint density at radius 1 is 1.08 bits per heavy atom. The smallest absolute Gasteiger partial charge is 0.416 e. The van der Waals surface area contributed by atoms with Gasteiger partial charge in [-0.3, -0.25) is 0 Å². The molecule has 122 valence electrons. The van der Waals surface area contributed by atoms with Crippen molar-refractivity contribution in [3.05, 3.63) is 59.9 Å². The van der Waals surface area contributed by atoms with Crippen LogP contribution < -0.4 is 5.32 Å². The molecule has 0 atom stereocenters. The highest BCUT2D eigenvalue weighted by molar-refractivity contribution is 5.97. The lowest BCUT2D eigenvalue weighted by Crippen LogP contribution is -2.05. The molecule has 0 aliphatic rings. The van der Waals surface area contributed by atoms with E-state index in [1.807, 2.05) is 0 Å². The molecule has 1 aromatic heterocycles. The lowest BCUT2D eigenvalue weighted by atomic mass is 10.1. The maximum atomic E-state index is 12.8. The molecule has 0 saturated carbocycles. The number of rotatable bonds is 3. The van der Waals surface area contributed by atoms with Crippen molar-refractivity contribution < 1.29 is 23.1 Å². The van der Waals surface area contributed by atoms with Gasteiger partial charge in [0.15, 0.2) is 0 Å². The van der Waals surface area contributed by atoms with Gasteiger partial charge in [-0.05, 0) is 36.4 Å². The van der Waals surface area contributed by atoms with E-state index >= 15 is 0 Å². The number of nitrogens with one attached hydrogen (secondary N) is 1. The van der Waals surface area contributed by atoms with Crippen LogP contribution in [-0.2, 0) is 6.18 Å². The van der Waals surface area contributed by atoms with Crippen LogP contribution in [-0.4, -0.2) is 21.0 Å². The van der Waals surface area contributed by atoms with Crippen LogP contribution in [0, 0.1) is 0 Å². The zero-order valence-electron chi connectivity index (χ0n) is 12.0. The monoisotopic (exact) mass is 333 g/mol. The topological polar surface area (TPSA) is 75.1 Å². The van der Waals surface area contributed by atoms with Crippen molar-refractivity contribution in [2.75, 3.05) is 5.32 Å². The molecule has 5 nitrogen and oxygen atoms in total. The number of aromatic nitrogens is 2. The zero-order valence-corrected chi connectivity index (χ0v) is 12.0. The van der Waals surface area contributed by atoms with E-state index in [4.69, 9.17) is 5.11 Å². The molecule has 0 saturated heterocycles. The number of alkyl halides is 3. The Morgan fingerprint density at radius 3 is 2.58 bits per heavy atom. The Morgan fingerprint density at radius 2 is 1.88 bits per heavy atom. The average molecular weight is 333 g/mol. The molecule has 0 aliphatic heterocycles. The van der Waals surface area contributed by atoms with Crippen molar-refractivity contribution in [1.82, 2.24) is 9.97 Å². The van der Waals surface area contributed by atoms with E-state index in [0.29, 0.717) is 10.9 Å². The normalized spacial score (nSPS) is 11.5. The van der Waals surface area contributed by atoms with Gasteiger partial charge in [0.1, 0.15) is 12.1 Å². The molecule has 0 unspecified atom stereocenters. The second-order valence-electron chi connectivity index (χ2n) is 4.96. The second-order valence-corrected chi connectivity index (χ2v) is 4.96. The maximum absolute atomic E-state index is 12.8. The standard InChI is InChI=1S/C16H10F3N3O2/c17-16(18,19)10-2-1-3-11(7-10)22-14-12-5-4-9(15(23)24)6-13(12)20-8-21-14/h1-8H,(H,23,24)(H,20,21,22). The van der Waals surface area contributed by atoms with E-state index in [0.717, 1.165) is 12.1 Å². The van der Waals surface area contributed by atoms with Crippen LogP contribution in [0.15, 0.2) is 48.8 Å². The van der Waals surface area contributed by atoms with E-state index in [9.17, 15) is 18.0 Å². The minimum atomic E-state index is -4.44. The number of carboxylic acid groups (broad SMARTS) is 1. The summed E-state index contributed by atoms with van der Waals surface area (Å²) in [5.41, 5.74) is -0.128. The number of fused-ring (bicyclic) bond motifs is 1. The Labute approximate surface area is 133 Å². The Hall–Kier alpha value is -3.16. The Bertz CT molecular complexity index is 926. The maximum Gasteiger partial charge on any atom is 0.416 e. The largest absolute Gasteiger partial charge is 0.478 e. The summed E-state index contributed by atoms with van der Waals surface area (Å²) in [4.78, 5) is 19.0. The third-order valence-electron chi connectivity index (χ3n) is 3.34. The summed E-state index contributed by atoms with van der Waals surface area (Å²) in [6.45, 7) is 0. The van der Waals surface area contributed by atoms with Gasteiger partial charge in [0.25, 0.3) is 0 Å². The summed E-state index contributed by atoms with van der Waals surface area (Å²) in [6, 6.07) is 8.98. The molecule has 2 N–H and O–H groups in total. The number of aromatic carboxylic acids is 1. The number of anilines is 2. The van der Waals surface area contributed by atoms with Crippen molar-refractivity contribution in [3.8, 4) is 0 Å². The zero-order chi connectivity index (χ0) is 17.3. The van der Waals surface area contributed by atoms with Crippen molar-refractivity contribution >= 4 is 28.4 Å². The summed E-state index contributed by atoms with van der Waals surface area (Å²) >= 11 is 0. The lowest BCUT2D eigenvalue weighted by molar-refractivity contribution is -0.137. The summed E-state index contributed by atoms with van der Waals surface area (Å²) < 4.78 is 38.3. The molecular weight excluding hydrogens is 323 g/mol. The first-order valence-corrected chi connectivity index (χ1v) is 6.77. The fourth-order valence-electron chi connectivity index (χ4n) is 2.20. The molecule has 3 aromatic rings. The molecule has 0 aliphatic carbocycles. The number of hydrogen-bond donors (Lipinski definition) is 2. The lowest BCUT2D eigenvalue weighted by Gasteiger charge is -2.11. The van der Waals surface area contributed by atoms with Gasteiger partial charge >= 0.3 is 12.1 Å².